The molecule has 6 heteroatoms. The summed E-state index contributed by atoms with van der Waals surface area (Å²) in [5.41, 5.74) is 6.84. The molecule has 3 nitrogen and oxygen atoms in total. The van der Waals surface area contributed by atoms with Crippen molar-refractivity contribution in [2.45, 2.75) is 13.5 Å². The molecular weight excluding hydrogens is 331 g/mol. The van der Waals surface area contributed by atoms with Crippen LogP contribution in [0.15, 0.2) is 28.1 Å². The number of benzene rings is 1. The Morgan fingerprint density at radius 2 is 2.21 bits per heavy atom. The number of halogens is 2. The van der Waals surface area contributed by atoms with Gasteiger partial charge in [-0.1, -0.05) is 0 Å². The number of nitrogens with two attached hydrogens (primary N) is 1. The van der Waals surface area contributed by atoms with Gasteiger partial charge in [-0.25, -0.2) is 4.39 Å². The van der Waals surface area contributed by atoms with Crippen LogP contribution >= 0.6 is 27.3 Å². The van der Waals surface area contributed by atoms with Gasteiger partial charge in [-0.2, -0.15) is 0 Å². The Kier molecular flexibility index (Phi) is 4.66. The maximum Gasteiger partial charge on any atom is 0.167 e. The largest absolute Gasteiger partial charge is 0.491 e. The smallest absolute Gasteiger partial charge is 0.167 e. The van der Waals surface area contributed by atoms with E-state index in [0.717, 1.165) is 9.35 Å². The molecule has 3 N–H and O–H groups in total. The fourth-order valence-corrected chi connectivity index (χ4v) is 3.01. The summed E-state index contributed by atoms with van der Waals surface area (Å²) in [4.78, 5) is 1.16. The van der Waals surface area contributed by atoms with Crippen LogP contribution in [0.1, 0.15) is 11.8 Å². The molecule has 102 valence electrons. The second-order valence-corrected chi connectivity index (χ2v) is 5.80. The van der Waals surface area contributed by atoms with Crippen LogP contribution in [0.3, 0.4) is 0 Å². The van der Waals surface area contributed by atoms with Crippen LogP contribution in [0.4, 0.5) is 15.8 Å². The lowest BCUT2D eigenvalue weighted by Crippen LogP contribution is -2.04. The van der Waals surface area contributed by atoms with Gasteiger partial charge < -0.3 is 15.8 Å². The lowest BCUT2D eigenvalue weighted by molar-refractivity contribution is 0.322. The first-order valence-corrected chi connectivity index (χ1v) is 7.46. The Morgan fingerprint density at radius 1 is 1.42 bits per heavy atom. The molecule has 0 aliphatic rings. The Morgan fingerprint density at radius 3 is 2.84 bits per heavy atom. The molecule has 0 aliphatic heterocycles. The quantitative estimate of drug-likeness (QED) is 0.797. The summed E-state index contributed by atoms with van der Waals surface area (Å²) in [6, 6.07) is 4.90. The molecule has 0 unspecified atom stereocenters. The molecule has 0 bridgehead atoms. The van der Waals surface area contributed by atoms with Gasteiger partial charge in [-0.3, -0.25) is 0 Å². The summed E-state index contributed by atoms with van der Waals surface area (Å²) in [5.74, 6) is -0.227. The minimum absolute atomic E-state index is 0.214. The van der Waals surface area contributed by atoms with E-state index in [1.165, 1.54) is 6.07 Å². The van der Waals surface area contributed by atoms with Gasteiger partial charge >= 0.3 is 0 Å². The molecule has 0 aliphatic carbocycles. The summed E-state index contributed by atoms with van der Waals surface area (Å²) in [5, 5.41) is 5.20. The van der Waals surface area contributed by atoms with Crippen molar-refractivity contribution in [1.29, 1.82) is 0 Å². The summed E-state index contributed by atoms with van der Waals surface area (Å²) in [6.07, 6.45) is 0. The molecular formula is C13H14BrFN2OS. The Bertz CT molecular complexity index is 574. The predicted molar refractivity (Wildman–Crippen MR) is 81.3 cm³/mol. The molecule has 2 rings (SSSR count). The van der Waals surface area contributed by atoms with Crippen molar-refractivity contribution in [2.75, 3.05) is 17.7 Å². The number of nitrogens with one attached hydrogen (secondary N) is 1. The van der Waals surface area contributed by atoms with E-state index in [9.17, 15) is 4.39 Å². The summed E-state index contributed by atoms with van der Waals surface area (Å²) in [6.45, 7) is 2.86. The molecule has 0 saturated heterocycles. The predicted octanol–water partition coefficient (Wildman–Crippen LogP) is 4.24. The first kappa shape index (κ1) is 14.1. The fourth-order valence-electron chi connectivity index (χ4n) is 1.62. The normalized spacial score (nSPS) is 10.5. The van der Waals surface area contributed by atoms with E-state index in [1.807, 2.05) is 18.4 Å². The van der Waals surface area contributed by atoms with Crippen molar-refractivity contribution >= 4 is 38.6 Å². The average molecular weight is 345 g/mol. The highest BCUT2D eigenvalue weighted by atomic mass is 79.9. The average Bonchev–Trinajstić information content (AvgIpc) is 2.77. The lowest BCUT2D eigenvalue weighted by Gasteiger charge is -2.12. The first-order valence-electron chi connectivity index (χ1n) is 5.78. The fraction of sp³-hybridized carbons (Fsp3) is 0.231. The Labute approximate surface area is 123 Å². The Hall–Kier alpha value is -1.27. The van der Waals surface area contributed by atoms with Gasteiger partial charge in [0.15, 0.2) is 11.6 Å². The highest BCUT2D eigenvalue weighted by Gasteiger charge is 2.09. The number of thiophene rings is 1. The third-order valence-corrected chi connectivity index (χ3v) is 4.18. The highest BCUT2D eigenvalue weighted by Crippen LogP contribution is 2.29. The zero-order valence-corrected chi connectivity index (χ0v) is 12.8. The van der Waals surface area contributed by atoms with Gasteiger partial charge in [0.05, 0.1) is 18.0 Å². The van der Waals surface area contributed by atoms with E-state index in [2.05, 4.69) is 21.2 Å². The van der Waals surface area contributed by atoms with Crippen LogP contribution in [0.25, 0.3) is 0 Å². The molecule has 0 atom stereocenters. The summed E-state index contributed by atoms with van der Waals surface area (Å²) < 4.78 is 19.8. The van der Waals surface area contributed by atoms with E-state index in [1.54, 1.807) is 17.4 Å². The van der Waals surface area contributed by atoms with Crippen LogP contribution in [-0.2, 0) is 6.54 Å². The van der Waals surface area contributed by atoms with Crippen molar-refractivity contribution in [2.24, 2.45) is 0 Å². The number of hydrogen-bond acceptors (Lipinski definition) is 4. The molecule has 1 aromatic heterocycles. The summed E-state index contributed by atoms with van der Waals surface area (Å²) >= 11 is 5.04. The van der Waals surface area contributed by atoms with Crippen LogP contribution < -0.4 is 15.8 Å². The molecule has 2 aromatic rings. The second kappa shape index (κ2) is 6.25. The Balaban J connectivity index is 2.13. The molecule has 0 saturated carbocycles. The zero-order valence-electron chi connectivity index (χ0n) is 10.4. The van der Waals surface area contributed by atoms with Crippen molar-refractivity contribution in [3.05, 3.63) is 38.7 Å². The minimum Gasteiger partial charge on any atom is -0.491 e. The van der Waals surface area contributed by atoms with E-state index >= 15 is 0 Å². The third kappa shape index (κ3) is 3.61. The number of hydrogen-bond donors (Lipinski definition) is 2. The topological polar surface area (TPSA) is 47.3 Å². The van der Waals surface area contributed by atoms with Crippen molar-refractivity contribution < 1.29 is 9.13 Å². The van der Waals surface area contributed by atoms with Gasteiger partial charge in [-0.15, -0.1) is 11.3 Å². The standard InChI is InChI=1S/C13H14BrFN2OS/c1-2-18-13-5-12(11(16)4-10(13)15)17-6-9-3-8(14)7-19-9/h3-5,7,17H,2,6,16H2,1H3. The second-order valence-electron chi connectivity index (χ2n) is 3.89. The molecule has 0 spiro atoms. The van der Waals surface area contributed by atoms with Gasteiger partial charge in [0, 0.05) is 33.4 Å². The van der Waals surface area contributed by atoms with E-state index in [4.69, 9.17) is 10.5 Å². The molecule has 19 heavy (non-hydrogen) atoms. The molecule has 1 heterocycles. The third-order valence-electron chi connectivity index (χ3n) is 2.48. The number of rotatable bonds is 5. The SMILES string of the molecule is CCOc1cc(NCc2cc(Br)cs2)c(N)cc1F. The lowest BCUT2D eigenvalue weighted by atomic mass is 10.2. The van der Waals surface area contributed by atoms with Crippen LogP contribution in [0.5, 0.6) is 5.75 Å². The number of anilines is 2. The van der Waals surface area contributed by atoms with Gasteiger partial charge in [0.25, 0.3) is 0 Å². The highest BCUT2D eigenvalue weighted by molar-refractivity contribution is 9.10. The molecule has 0 amide bonds. The van der Waals surface area contributed by atoms with Crippen LogP contribution in [0.2, 0.25) is 0 Å². The molecule has 0 fully saturated rings. The molecule has 0 radical (unpaired) electrons. The van der Waals surface area contributed by atoms with Crippen LogP contribution in [0, 0.1) is 5.82 Å². The minimum atomic E-state index is -0.441. The number of nitrogen functional groups attached to an aromatic ring is 1. The summed E-state index contributed by atoms with van der Waals surface area (Å²) in [7, 11) is 0. The van der Waals surface area contributed by atoms with Gasteiger partial charge in [0.1, 0.15) is 0 Å². The zero-order chi connectivity index (χ0) is 13.8. The first-order chi connectivity index (χ1) is 9.10. The van der Waals surface area contributed by atoms with E-state index in [-0.39, 0.29) is 5.75 Å². The van der Waals surface area contributed by atoms with E-state index < -0.39 is 5.82 Å². The van der Waals surface area contributed by atoms with Crippen molar-refractivity contribution in [1.82, 2.24) is 0 Å². The maximum absolute atomic E-state index is 13.5. The number of ether oxygens (including phenoxy) is 1. The van der Waals surface area contributed by atoms with E-state index in [0.29, 0.717) is 24.5 Å². The van der Waals surface area contributed by atoms with Crippen LogP contribution in [-0.4, -0.2) is 6.61 Å². The van der Waals surface area contributed by atoms with Gasteiger partial charge in [-0.05, 0) is 28.9 Å². The molecule has 1 aromatic carbocycles. The maximum atomic E-state index is 13.5. The van der Waals surface area contributed by atoms with Crippen molar-refractivity contribution in [3.8, 4) is 5.75 Å². The van der Waals surface area contributed by atoms with Crippen molar-refractivity contribution in [3.63, 3.8) is 0 Å². The monoisotopic (exact) mass is 344 g/mol. The van der Waals surface area contributed by atoms with Gasteiger partial charge in [0.2, 0.25) is 0 Å².